The van der Waals surface area contributed by atoms with Crippen LogP contribution in [0.4, 0.5) is 0 Å². The standard InChI is InChI=1S/C14H16N4O3/c1-8(10-7-15-18(3)9(10)2)16-13(19)11-5-4-6-12(17-11)14(20)21/h4-8H,1-3H3,(H,16,19)(H,20,21). The molecular weight excluding hydrogens is 272 g/mol. The van der Waals surface area contributed by atoms with Crippen molar-refractivity contribution in [3.05, 3.63) is 47.0 Å². The molecule has 0 saturated heterocycles. The lowest BCUT2D eigenvalue weighted by atomic mass is 10.1. The van der Waals surface area contributed by atoms with Gasteiger partial charge in [0.1, 0.15) is 11.4 Å². The van der Waals surface area contributed by atoms with Crippen molar-refractivity contribution in [2.24, 2.45) is 7.05 Å². The fraction of sp³-hybridized carbons (Fsp3) is 0.286. The molecule has 0 bridgehead atoms. The molecule has 2 rings (SSSR count). The van der Waals surface area contributed by atoms with Crippen molar-refractivity contribution in [3.8, 4) is 0 Å². The summed E-state index contributed by atoms with van der Waals surface area (Å²) in [5.74, 6) is -1.59. The zero-order chi connectivity index (χ0) is 15.6. The zero-order valence-corrected chi connectivity index (χ0v) is 12.0. The molecule has 0 fully saturated rings. The molecule has 7 nitrogen and oxygen atoms in total. The number of amides is 1. The van der Waals surface area contributed by atoms with Crippen LogP contribution in [-0.2, 0) is 7.05 Å². The Bertz CT molecular complexity index is 693. The number of nitrogens with one attached hydrogen (secondary N) is 1. The number of nitrogens with zero attached hydrogens (tertiary/aromatic N) is 3. The maximum Gasteiger partial charge on any atom is 0.354 e. The molecule has 2 heterocycles. The second kappa shape index (κ2) is 5.74. The molecule has 21 heavy (non-hydrogen) atoms. The van der Waals surface area contributed by atoms with E-state index in [0.29, 0.717) is 0 Å². The third kappa shape index (κ3) is 3.07. The molecule has 2 aromatic heterocycles. The van der Waals surface area contributed by atoms with Gasteiger partial charge in [-0.15, -0.1) is 0 Å². The molecule has 2 aromatic rings. The van der Waals surface area contributed by atoms with Crippen molar-refractivity contribution in [2.45, 2.75) is 19.9 Å². The summed E-state index contributed by atoms with van der Waals surface area (Å²) >= 11 is 0. The quantitative estimate of drug-likeness (QED) is 0.884. The van der Waals surface area contributed by atoms with Crippen molar-refractivity contribution in [2.75, 3.05) is 0 Å². The van der Waals surface area contributed by atoms with Crippen LogP contribution in [0.3, 0.4) is 0 Å². The smallest absolute Gasteiger partial charge is 0.354 e. The van der Waals surface area contributed by atoms with Crippen LogP contribution in [0.2, 0.25) is 0 Å². The third-order valence-corrected chi connectivity index (χ3v) is 3.29. The maximum absolute atomic E-state index is 12.1. The van der Waals surface area contributed by atoms with Crippen LogP contribution >= 0.6 is 0 Å². The second-order valence-electron chi connectivity index (χ2n) is 4.72. The van der Waals surface area contributed by atoms with Gasteiger partial charge in [0, 0.05) is 18.3 Å². The fourth-order valence-electron chi connectivity index (χ4n) is 1.97. The van der Waals surface area contributed by atoms with Crippen molar-refractivity contribution < 1.29 is 14.7 Å². The molecule has 7 heteroatoms. The summed E-state index contributed by atoms with van der Waals surface area (Å²) in [6, 6.07) is 4.06. The Hall–Kier alpha value is -2.70. The molecule has 0 radical (unpaired) electrons. The zero-order valence-electron chi connectivity index (χ0n) is 12.0. The van der Waals surface area contributed by atoms with Gasteiger partial charge in [0.2, 0.25) is 0 Å². The average molecular weight is 288 g/mol. The van der Waals surface area contributed by atoms with Gasteiger partial charge >= 0.3 is 5.97 Å². The van der Waals surface area contributed by atoms with E-state index >= 15 is 0 Å². The molecular formula is C14H16N4O3. The van der Waals surface area contributed by atoms with E-state index in [-0.39, 0.29) is 17.4 Å². The summed E-state index contributed by atoms with van der Waals surface area (Å²) in [4.78, 5) is 26.8. The Labute approximate surface area is 121 Å². The van der Waals surface area contributed by atoms with Gasteiger partial charge < -0.3 is 10.4 Å². The van der Waals surface area contributed by atoms with Gasteiger partial charge in [-0.25, -0.2) is 9.78 Å². The fourth-order valence-corrected chi connectivity index (χ4v) is 1.97. The lowest BCUT2D eigenvalue weighted by Gasteiger charge is -2.13. The van der Waals surface area contributed by atoms with Gasteiger partial charge in [-0.3, -0.25) is 9.48 Å². The van der Waals surface area contributed by atoms with Crippen LogP contribution in [0.15, 0.2) is 24.4 Å². The van der Waals surface area contributed by atoms with Crippen LogP contribution in [0, 0.1) is 6.92 Å². The summed E-state index contributed by atoms with van der Waals surface area (Å²) in [6.45, 7) is 3.75. The molecule has 0 saturated carbocycles. The second-order valence-corrected chi connectivity index (χ2v) is 4.72. The highest BCUT2D eigenvalue weighted by molar-refractivity contribution is 5.94. The SMILES string of the molecule is Cc1c(C(C)NC(=O)c2cccc(C(=O)O)n2)cnn1C. The van der Waals surface area contributed by atoms with Gasteiger partial charge in [-0.2, -0.15) is 5.10 Å². The summed E-state index contributed by atoms with van der Waals surface area (Å²) < 4.78 is 1.72. The Balaban J connectivity index is 2.16. The highest BCUT2D eigenvalue weighted by atomic mass is 16.4. The average Bonchev–Trinajstić information content (AvgIpc) is 2.79. The monoisotopic (exact) mass is 288 g/mol. The lowest BCUT2D eigenvalue weighted by Crippen LogP contribution is -2.28. The highest BCUT2D eigenvalue weighted by Crippen LogP contribution is 2.16. The Morgan fingerprint density at radius 3 is 2.57 bits per heavy atom. The van der Waals surface area contributed by atoms with E-state index in [1.807, 2.05) is 20.9 Å². The number of aromatic nitrogens is 3. The van der Waals surface area contributed by atoms with Crippen molar-refractivity contribution >= 4 is 11.9 Å². The summed E-state index contributed by atoms with van der Waals surface area (Å²) in [7, 11) is 1.82. The molecule has 0 aliphatic rings. The number of carboxylic acids is 1. The summed E-state index contributed by atoms with van der Waals surface area (Å²) in [5, 5.41) is 15.8. The predicted molar refractivity (Wildman–Crippen MR) is 75.0 cm³/mol. The van der Waals surface area contributed by atoms with E-state index in [2.05, 4.69) is 15.4 Å². The number of carbonyl (C=O) groups is 2. The van der Waals surface area contributed by atoms with Crippen LogP contribution in [0.5, 0.6) is 0 Å². The first-order valence-electron chi connectivity index (χ1n) is 6.40. The van der Waals surface area contributed by atoms with Crippen molar-refractivity contribution in [1.82, 2.24) is 20.1 Å². The van der Waals surface area contributed by atoms with Crippen LogP contribution in [0.25, 0.3) is 0 Å². The molecule has 0 aliphatic carbocycles. The topological polar surface area (TPSA) is 97.1 Å². The molecule has 0 aliphatic heterocycles. The first-order valence-corrected chi connectivity index (χ1v) is 6.40. The minimum Gasteiger partial charge on any atom is -0.477 e. The van der Waals surface area contributed by atoms with Crippen molar-refractivity contribution in [3.63, 3.8) is 0 Å². The van der Waals surface area contributed by atoms with E-state index < -0.39 is 11.9 Å². The first-order chi connectivity index (χ1) is 9.90. The van der Waals surface area contributed by atoms with E-state index in [9.17, 15) is 9.59 Å². The molecule has 110 valence electrons. The number of rotatable bonds is 4. The molecule has 1 amide bonds. The number of aryl methyl sites for hydroxylation is 1. The van der Waals surface area contributed by atoms with Crippen LogP contribution in [-0.4, -0.2) is 31.7 Å². The number of hydrogen-bond acceptors (Lipinski definition) is 4. The maximum atomic E-state index is 12.1. The van der Waals surface area contributed by atoms with Gasteiger partial charge in [0.15, 0.2) is 0 Å². The Kier molecular flexibility index (Phi) is 4.02. The number of aromatic carboxylic acids is 1. The van der Waals surface area contributed by atoms with Crippen LogP contribution < -0.4 is 5.32 Å². The number of pyridine rings is 1. The van der Waals surface area contributed by atoms with Gasteiger partial charge in [0.05, 0.1) is 12.2 Å². The molecule has 1 atom stereocenters. The molecule has 1 unspecified atom stereocenters. The lowest BCUT2D eigenvalue weighted by molar-refractivity contribution is 0.0690. The Morgan fingerprint density at radius 1 is 1.33 bits per heavy atom. The van der Waals surface area contributed by atoms with Crippen LogP contribution in [0.1, 0.15) is 45.2 Å². The number of carboxylic acid groups (broad SMARTS) is 1. The molecule has 2 N–H and O–H groups in total. The summed E-state index contributed by atoms with van der Waals surface area (Å²) in [6.07, 6.45) is 1.70. The van der Waals surface area contributed by atoms with E-state index in [1.165, 1.54) is 18.2 Å². The van der Waals surface area contributed by atoms with Gasteiger partial charge in [0.25, 0.3) is 5.91 Å². The Morgan fingerprint density at radius 2 is 2.00 bits per heavy atom. The summed E-state index contributed by atoms with van der Waals surface area (Å²) in [5.41, 5.74) is 1.77. The third-order valence-electron chi connectivity index (χ3n) is 3.29. The minimum atomic E-state index is -1.17. The van der Waals surface area contributed by atoms with E-state index in [1.54, 1.807) is 10.9 Å². The van der Waals surface area contributed by atoms with E-state index in [4.69, 9.17) is 5.11 Å². The molecule has 0 aromatic carbocycles. The minimum absolute atomic E-state index is 0.0725. The van der Waals surface area contributed by atoms with Gasteiger partial charge in [-0.05, 0) is 26.0 Å². The largest absolute Gasteiger partial charge is 0.477 e. The highest BCUT2D eigenvalue weighted by Gasteiger charge is 2.17. The van der Waals surface area contributed by atoms with E-state index in [0.717, 1.165) is 11.3 Å². The first kappa shape index (κ1) is 14.7. The normalized spacial score (nSPS) is 12.0. The number of hydrogen-bond donors (Lipinski definition) is 2. The number of carbonyl (C=O) groups excluding carboxylic acids is 1. The predicted octanol–water partition coefficient (Wildman–Crippen LogP) is 1.31. The van der Waals surface area contributed by atoms with Crippen molar-refractivity contribution in [1.29, 1.82) is 0 Å². The molecule has 0 spiro atoms. The van der Waals surface area contributed by atoms with Gasteiger partial charge in [-0.1, -0.05) is 6.07 Å².